The number of rotatable bonds is 9. The first kappa shape index (κ1) is 23.5. The van der Waals surface area contributed by atoms with Gasteiger partial charge in [0.1, 0.15) is 5.82 Å². The predicted octanol–water partition coefficient (Wildman–Crippen LogP) is 2.93. The normalized spacial score (nSPS) is 11.7. The average molecular weight is 441 g/mol. The van der Waals surface area contributed by atoms with Crippen molar-refractivity contribution in [2.24, 2.45) is 5.41 Å². The van der Waals surface area contributed by atoms with Crippen molar-refractivity contribution in [2.45, 2.75) is 20.5 Å². The van der Waals surface area contributed by atoms with Gasteiger partial charge >= 0.3 is 0 Å². The van der Waals surface area contributed by atoms with Gasteiger partial charge in [-0.05, 0) is 37.7 Å². The first-order valence-electron chi connectivity index (χ1n) is 10.3. The molecule has 32 heavy (non-hydrogen) atoms. The molecule has 0 saturated heterocycles. The Bertz CT molecular complexity index is 1080. The van der Waals surface area contributed by atoms with Gasteiger partial charge in [0, 0.05) is 32.0 Å². The molecule has 0 aliphatic rings. The number of halogens is 1. The fraction of sp³-hybridized carbons (Fsp3) is 0.391. The first-order valence-corrected chi connectivity index (χ1v) is 10.3. The van der Waals surface area contributed by atoms with Gasteiger partial charge in [-0.2, -0.15) is 9.78 Å². The van der Waals surface area contributed by atoms with Crippen molar-refractivity contribution in [1.82, 2.24) is 30.0 Å². The van der Waals surface area contributed by atoms with Gasteiger partial charge in [-0.25, -0.2) is 14.4 Å². The van der Waals surface area contributed by atoms with Gasteiger partial charge < -0.3 is 15.0 Å². The number of nitrogens with zero attached hydrogens (tertiary/aromatic N) is 5. The molecule has 3 aromatic rings. The van der Waals surface area contributed by atoms with Crippen LogP contribution in [0.25, 0.3) is 17.2 Å². The van der Waals surface area contributed by atoms with Gasteiger partial charge in [0.25, 0.3) is 11.9 Å². The molecule has 8 nitrogen and oxygen atoms in total. The van der Waals surface area contributed by atoms with E-state index in [9.17, 15) is 9.18 Å². The van der Waals surface area contributed by atoms with E-state index in [1.54, 1.807) is 24.3 Å². The fourth-order valence-electron chi connectivity index (χ4n) is 3.61. The Balaban J connectivity index is 1.89. The van der Waals surface area contributed by atoms with Crippen LogP contribution in [0.1, 0.15) is 29.9 Å². The first-order chi connectivity index (χ1) is 15.2. The van der Waals surface area contributed by atoms with Gasteiger partial charge in [0.2, 0.25) is 0 Å². The minimum Gasteiger partial charge on any atom is -0.378 e. The van der Waals surface area contributed by atoms with Crippen LogP contribution < -0.4 is 5.32 Å². The lowest BCUT2D eigenvalue weighted by atomic mass is 9.93. The van der Waals surface area contributed by atoms with Crippen LogP contribution in [-0.2, 0) is 11.3 Å². The third kappa shape index (κ3) is 5.54. The van der Waals surface area contributed by atoms with Crippen LogP contribution in [0.3, 0.4) is 0 Å². The van der Waals surface area contributed by atoms with E-state index in [0.29, 0.717) is 29.1 Å². The highest BCUT2D eigenvalue weighted by atomic mass is 19.1. The van der Waals surface area contributed by atoms with Crippen LogP contribution in [0, 0.1) is 11.2 Å². The topological polar surface area (TPSA) is 85.2 Å². The molecule has 0 radical (unpaired) electrons. The predicted molar refractivity (Wildman–Crippen MR) is 120 cm³/mol. The number of ether oxygens (including phenoxy) is 1. The number of nitrogens with one attached hydrogen (secondary N) is 1. The summed E-state index contributed by atoms with van der Waals surface area (Å²) >= 11 is 0. The lowest BCUT2D eigenvalue weighted by Crippen LogP contribution is -2.40. The van der Waals surface area contributed by atoms with E-state index in [2.05, 4.69) is 39.1 Å². The molecular weight excluding hydrogens is 411 g/mol. The smallest absolute Gasteiger partial charge is 0.254 e. The summed E-state index contributed by atoms with van der Waals surface area (Å²) in [5.41, 5.74) is 1.57. The summed E-state index contributed by atoms with van der Waals surface area (Å²) in [6.07, 6.45) is 3.01. The number of methoxy groups -OCH3 is 1. The molecule has 2 heterocycles. The second kappa shape index (κ2) is 9.97. The molecule has 0 fully saturated rings. The summed E-state index contributed by atoms with van der Waals surface area (Å²) in [7, 11) is 5.54. The molecular formula is C23H29FN6O2. The monoisotopic (exact) mass is 440 g/mol. The Morgan fingerprint density at radius 1 is 1.25 bits per heavy atom. The zero-order valence-electron chi connectivity index (χ0n) is 19.1. The van der Waals surface area contributed by atoms with E-state index in [4.69, 9.17) is 4.74 Å². The summed E-state index contributed by atoms with van der Waals surface area (Å²) < 4.78 is 21.0. The van der Waals surface area contributed by atoms with Crippen molar-refractivity contribution in [3.8, 4) is 17.2 Å². The van der Waals surface area contributed by atoms with Crippen LogP contribution in [0.4, 0.5) is 4.39 Å². The highest BCUT2D eigenvalue weighted by molar-refractivity contribution is 5.95. The van der Waals surface area contributed by atoms with Gasteiger partial charge in [-0.15, -0.1) is 0 Å². The Morgan fingerprint density at radius 2 is 2.00 bits per heavy atom. The summed E-state index contributed by atoms with van der Waals surface area (Å²) in [6, 6.07) is 8.01. The molecule has 0 unspecified atom stereocenters. The molecule has 1 amide bonds. The third-order valence-corrected chi connectivity index (χ3v) is 4.85. The summed E-state index contributed by atoms with van der Waals surface area (Å²) in [6.45, 7) is 5.65. The number of hydrogen-bond donors (Lipinski definition) is 1. The SMILES string of the molecule is COCc1c(C(=O)NCC(C)(C)CN(C)C)cnn1-c1nccc(-c2ccccc2F)n1. The molecule has 0 aliphatic heterocycles. The maximum Gasteiger partial charge on any atom is 0.254 e. The molecule has 9 heteroatoms. The van der Waals surface area contributed by atoms with Gasteiger partial charge in [-0.1, -0.05) is 26.0 Å². The van der Waals surface area contributed by atoms with E-state index in [1.807, 2.05) is 14.1 Å². The second-order valence-corrected chi connectivity index (χ2v) is 8.66. The molecule has 170 valence electrons. The van der Waals surface area contributed by atoms with E-state index < -0.39 is 0 Å². The average Bonchev–Trinajstić information content (AvgIpc) is 3.16. The summed E-state index contributed by atoms with van der Waals surface area (Å²) in [5, 5.41) is 7.31. The fourth-order valence-corrected chi connectivity index (χ4v) is 3.61. The van der Waals surface area contributed by atoms with Crippen molar-refractivity contribution in [3.63, 3.8) is 0 Å². The standard InChI is InChI=1S/C23H29FN6O2/c1-23(2,15-29(3)4)14-26-21(31)17-12-27-30(20(17)13-32-5)22-25-11-10-19(28-22)16-8-6-7-9-18(16)24/h6-12H,13-15H2,1-5H3,(H,26,31). The minimum absolute atomic E-state index is 0.103. The lowest BCUT2D eigenvalue weighted by molar-refractivity contribution is 0.0924. The van der Waals surface area contributed by atoms with E-state index in [-0.39, 0.29) is 29.7 Å². The third-order valence-electron chi connectivity index (χ3n) is 4.85. The molecule has 1 aromatic carbocycles. The van der Waals surface area contributed by atoms with E-state index >= 15 is 0 Å². The number of aromatic nitrogens is 4. The highest BCUT2D eigenvalue weighted by Gasteiger charge is 2.24. The maximum atomic E-state index is 14.2. The molecule has 0 atom stereocenters. The Kier molecular flexibility index (Phi) is 7.32. The van der Waals surface area contributed by atoms with Crippen molar-refractivity contribution >= 4 is 5.91 Å². The molecule has 0 spiro atoms. The molecule has 0 saturated carbocycles. The van der Waals surface area contributed by atoms with E-state index in [1.165, 1.54) is 30.3 Å². The largest absolute Gasteiger partial charge is 0.378 e. The molecule has 2 aromatic heterocycles. The Labute approximate surface area is 187 Å². The maximum absolute atomic E-state index is 14.2. The number of carbonyl (C=O) groups excluding carboxylic acids is 1. The number of amides is 1. The molecule has 0 bridgehead atoms. The summed E-state index contributed by atoms with van der Waals surface area (Å²) in [4.78, 5) is 23.7. The number of carbonyl (C=O) groups is 1. The quantitative estimate of drug-likeness (QED) is 0.551. The minimum atomic E-state index is -0.380. The van der Waals surface area contributed by atoms with Crippen LogP contribution in [0.15, 0.2) is 42.7 Å². The van der Waals surface area contributed by atoms with E-state index in [0.717, 1.165) is 6.54 Å². The van der Waals surface area contributed by atoms with Crippen molar-refractivity contribution in [1.29, 1.82) is 0 Å². The Hall–Kier alpha value is -3.17. The number of benzene rings is 1. The molecule has 3 rings (SSSR count). The van der Waals surface area contributed by atoms with Gasteiger partial charge in [0.05, 0.1) is 29.8 Å². The lowest BCUT2D eigenvalue weighted by Gasteiger charge is -2.28. The second-order valence-electron chi connectivity index (χ2n) is 8.66. The van der Waals surface area contributed by atoms with Gasteiger partial charge in [-0.3, -0.25) is 4.79 Å². The zero-order chi connectivity index (χ0) is 23.3. The summed E-state index contributed by atoms with van der Waals surface area (Å²) in [5.74, 6) is -0.402. The van der Waals surface area contributed by atoms with Crippen LogP contribution >= 0.6 is 0 Å². The molecule has 1 N–H and O–H groups in total. The molecule has 0 aliphatic carbocycles. The number of hydrogen-bond acceptors (Lipinski definition) is 6. The van der Waals surface area contributed by atoms with Crippen LogP contribution in [0.2, 0.25) is 0 Å². The zero-order valence-corrected chi connectivity index (χ0v) is 19.1. The van der Waals surface area contributed by atoms with Crippen molar-refractivity contribution in [2.75, 3.05) is 34.3 Å². The van der Waals surface area contributed by atoms with Gasteiger partial charge in [0.15, 0.2) is 0 Å². The van der Waals surface area contributed by atoms with Crippen LogP contribution in [-0.4, -0.2) is 64.9 Å². The van der Waals surface area contributed by atoms with Crippen LogP contribution in [0.5, 0.6) is 0 Å². The van der Waals surface area contributed by atoms with Crippen molar-refractivity contribution in [3.05, 3.63) is 59.8 Å². The highest BCUT2D eigenvalue weighted by Crippen LogP contribution is 2.22. The Morgan fingerprint density at radius 3 is 2.69 bits per heavy atom. The van der Waals surface area contributed by atoms with Crippen molar-refractivity contribution < 1.29 is 13.9 Å².